The third-order valence-corrected chi connectivity index (χ3v) is 5.61. The van der Waals surface area contributed by atoms with Crippen LogP contribution in [0, 0.1) is 0 Å². The maximum atomic E-state index is 12.9. The maximum Gasteiger partial charge on any atom is 0.278 e. The van der Waals surface area contributed by atoms with Crippen molar-refractivity contribution in [3.63, 3.8) is 0 Å². The highest BCUT2D eigenvalue weighted by Crippen LogP contribution is 2.29. The Kier molecular flexibility index (Phi) is 4.52. The van der Waals surface area contributed by atoms with Gasteiger partial charge in [0.25, 0.3) is 5.91 Å². The molecular weight excluding hydrogens is 348 g/mol. The van der Waals surface area contributed by atoms with Crippen LogP contribution in [0.3, 0.4) is 0 Å². The lowest BCUT2D eigenvalue weighted by atomic mass is 10.1. The predicted octanol–water partition coefficient (Wildman–Crippen LogP) is 2.64. The molecule has 134 valence electrons. The van der Waals surface area contributed by atoms with E-state index in [9.17, 15) is 4.79 Å². The van der Waals surface area contributed by atoms with Gasteiger partial charge in [0.05, 0.1) is 11.7 Å². The second-order valence-corrected chi connectivity index (χ2v) is 7.30. The molecule has 1 unspecified atom stereocenters. The number of hydrogen-bond donors (Lipinski definition) is 1. The van der Waals surface area contributed by atoms with Gasteiger partial charge in [-0.05, 0) is 25.5 Å². The van der Waals surface area contributed by atoms with E-state index in [1.807, 2.05) is 36.4 Å². The van der Waals surface area contributed by atoms with Crippen molar-refractivity contribution in [2.75, 3.05) is 18.5 Å². The van der Waals surface area contributed by atoms with Crippen molar-refractivity contribution >= 4 is 22.4 Å². The zero-order valence-electron chi connectivity index (χ0n) is 14.7. The highest BCUT2D eigenvalue weighted by Gasteiger charge is 2.25. The summed E-state index contributed by atoms with van der Waals surface area (Å²) in [6.07, 6.45) is 2.19. The zero-order chi connectivity index (χ0) is 18.1. The molecule has 3 aromatic rings. The minimum Gasteiger partial charge on any atom is -0.309 e. The first-order valence-electron chi connectivity index (χ1n) is 8.58. The molecule has 26 heavy (non-hydrogen) atoms. The molecule has 3 heterocycles. The maximum absolute atomic E-state index is 12.9. The van der Waals surface area contributed by atoms with E-state index in [1.54, 1.807) is 18.8 Å². The fraction of sp³-hybridized carbons (Fsp3) is 0.333. The molecule has 0 bridgehead atoms. The minimum absolute atomic E-state index is 0.139. The van der Waals surface area contributed by atoms with Crippen LogP contribution >= 0.6 is 11.3 Å². The summed E-state index contributed by atoms with van der Waals surface area (Å²) >= 11 is 1.40. The molecule has 0 radical (unpaired) electrons. The van der Waals surface area contributed by atoms with Crippen LogP contribution in [0.1, 0.15) is 35.1 Å². The van der Waals surface area contributed by atoms with Crippen LogP contribution in [0.15, 0.2) is 36.4 Å². The Morgan fingerprint density at radius 2 is 2.12 bits per heavy atom. The van der Waals surface area contributed by atoms with E-state index in [0.717, 1.165) is 35.7 Å². The number of carbonyl (C=O) groups excluding carboxylic acids is 1. The van der Waals surface area contributed by atoms with Crippen LogP contribution in [0.2, 0.25) is 0 Å². The van der Waals surface area contributed by atoms with Crippen molar-refractivity contribution in [2.24, 2.45) is 7.05 Å². The molecule has 0 aliphatic carbocycles. The van der Waals surface area contributed by atoms with Crippen LogP contribution in [0.5, 0.6) is 0 Å². The smallest absolute Gasteiger partial charge is 0.278 e. The zero-order valence-corrected chi connectivity index (χ0v) is 15.5. The number of aromatic nitrogens is 4. The molecule has 1 aliphatic heterocycles. The molecule has 7 nitrogen and oxygen atoms in total. The quantitative estimate of drug-likeness (QED) is 0.766. The number of nitrogens with zero attached hydrogens (tertiary/aromatic N) is 5. The lowest BCUT2D eigenvalue weighted by Crippen LogP contribution is -2.28. The summed E-state index contributed by atoms with van der Waals surface area (Å²) in [5.41, 5.74) is 2.46. The fourth-order valence-electron chi connectivity index (χ4n) is 3.10. The van der Waals surface area contributed by atoms with Crippen LogP contribution in [0.25, 0.3) is 10.6 Å². The molecule has 1 atom stereocenters. The third-order valence-electron chi connectivity index (χ3n) is 4.56. The Morgan fingerprint density at radius 1 is 1.31 bits per heavy atom. The number of benzene rings is 1. The summed E-state index contributed by atoms with van der Waals surface area (Å²) < 4.78 is 1.65. The van der Waals surface area contributed by atoms with Crippen molar-refractivity contribution in [2.45, 2.75) is 18.9 Å². The third kappa shape index (κ3) is 3.13. The van der Waals surface area contributed by atoms with E-state index in [4.69, 9.17) is 0 Å². The Labute approximate surface area is 155 Å². The van der Waals surface area contributed by atoms with Gasteiger partial charge < -0.3 is 5.32 Å². The summed E-state index contributed by atoms with van der Waals surface area (Å²) in [5.74, 6) is -0.139. The van der Waals surface area contributed by atoms with Gasteiger partial charge in [0.15, 0.2) is 0 Å². The molecule has 1 amide bonds. The minimum atomic E-state index is -0.139. The summed E-state index contributed by atoms with van der Waals surface area (Å²) in [7, 11) is 3.52. The second-order valence-electron chi connectivity index (χ2n) is 6.35. The van der Waals surface area contributed by atoms with Gasteiger partial charge in [-0.25, -0.2) is 0 Å². The molecule has 2 aromatic heterocycles. The average molecular weight is 368 g/mol. The van der Waals surface area contributed by atoms with Gasteiger partial charge in [-0.1, -0.05) is 41.7 Å². The molecular formula is C18H20N6OS. The van der Waals surface area contributed by atoms with Gasteiger partial charge in [-0.2, -0.15) is 5.10 Å². The monoisotopic (exact) mass is 368 g/mol. The van der Waals surface area contributed by atoms with E-state index in [1.165, 1.54) is 16.2 Å². The number of amides is 1. The van der Waals surface area contributed by atoms with Gasteiger partial charge in [0.1, 0.15) is 10.7 Å². The molecule has 8 heteroatoms. The standard InChI is InChI=1S/C18H20N6OS/c1-23(18-21-20-16(26-18)12-7-4-3-5-8-12)17(25)15-11-14(22-24(15)2)13-9-6-10-19-13/h3-5,7-8,11,13,19H,6,9-10H2,1-2H3. The lowest BCUT2D eigenvalue weighted by Gasteiger charge is -2.12. The first-order valence-corrected chi connectivity index (χ1v) is 9.39. The van der Waals surface area contributed by atoms with E-state index < -0.39 is 0 Å². The first kappa shape index (κ1) is 16.9. The summed E-state index contributed by atoms with van der Waals surface area (Å²) in [4.78, 5) is 14.5. The highest BCUT2D eigenvalue weighted by atomic mass is 32.1. The Bertz CT molecular complexity index is 913. The molecule has 1 aromatic carbocycles. The first-order chi connectivity index (χ1) is 12.6. The average Bonchev–Trinajstić information content (AvgIpc) is 3.41. The summed E-state index contributed by atoms with van der Waals surface area (Å²) in [6, 6.07) is 11.9. The van der Waals surface area contributed by atoms with E-state index in [-0.39, 0.29) is 11.9 Å². The van der Waals surface area contributed by atoms with Crippen LogP contribution < -0.4 is 10.2 Å². The number of aryl methyl sites for hydroxylation is 1. The van der Waals surface area contributed by atoms with Crippen molar-refractivity contribution in [3.8, 4) is 10.6 Å². The summed E-state index contributed by atoms with van der Waals surface area (Å²) in [6.45, 7) is 0.997. The normalized spacial score (nSPS) is 16.8. The van der Waals surface area contributed by atoms with E-state index >= 15 is 0 Å². The second kappa shape index (κ2) is 6.97. The molecule has 1 N–H and O–H groups in total. The summed E-state index contributed by atoms with van der Waals surface area (Å²) in [5, 5.41) is 17.7. The predicted molar refractivity (Wildman–Crippen MR) is 101 cm³/mol. The Balaban J connectivity index is 1.56. The number of hydrogen-bond acceptors (Lipinski definition) is 6. The van der Waals surface area contributed by atoms with Crippen LogP contribution in [-0.2, 0) is 7.05 Å². The molecule has 0 spiro atoms. The molecule has 0 saturated carbocycles. The van der Waals surface area contributed by atoms with Crippen molar-refractivity contribution < 1.29 is 4.79 Å². The Hall–Kier alpha value is -2.58. The SMILES string of the molecule is CN(C(=O)c1cc(C2CCCN2)nn1C)c1nnc(-c2ccccc2)s1. The van der Waals surface area contributed by atoms with Gasteiger partial charge >= 0.3 is 0 Å². The number of rotatable bonds is 4. The largest absolute Gasteiger partial charge is 0.309 e. The topological polar surface area (TPSA) is 75.9 Å². The number of carbonyl (C=O) groups is 1. The van der Waals surface area contributed by atoms with Gasteiger partial charge in [0.2, 0.25) is 5.13 Å². The fourth-order valence-corrected chi connectivity index (χ4v) is 3.91. The van der Waals surface area contributed by atoms with E-state index in [2.05, 4.69) is 20.6 Å². The Morgan fingerprint density at radius 3 is 2.85 bits per heavy atom. The van der Waals surface area contributed by atoms with Crippen LogP contribution in [-0.4, -0.2) is 39.5 Å². The van der Waals surface area contributed by atoms with Gasteiger partial charge in [-0.15, -0.1) is 10.2 Å². The molecule has 1 saturated heterocycles. The van der Waals surface area contributed by atoms with Crippen molar-refractivity contribution in [1.82, 2.24) is 25.3 Å². The van der Waals surface area contributed by atoms with Crippen LogP contribution in [0.4, 0.5) is 5.13 Å². The van der Waals surface area contributed by atoms with Crippen molar-refractivity contribution in [3.05, 3.63) is 47.8 Å². The van der Waals surface area contributed by atoms with Gasteiger partial charge in [-0.3, -0.25) is 14.4 Å². The highest BCUT2D eigenvalue weighted by molar-refractivity contribution is 7.18. The molecule has 1 fully saturated rings. The number of nitrogens with one attached hydrogen (secondary N) is 1. The van der Waals surface area contributed by atoms with E-state index in [0.29, 0.717) is 10.8 Å². The van der Waals surface area contributed by atoms with Gasteiger partial charge in [0, 0.05) is 19.7 Å². The molecule has 4 rings (SSSR count). The molecule has 1 aliphatic rings. The number of anilines is 1. The lowest BCUT2D eigenvalue weighted by molar-refractivity contribution is 0.0984. The van der Waals surface area contributed by atoms with Crippen molar-refractivity contribution in [1.29, 1.82) is 0 Å².